The Hall–Kier alpha value is -15.9. The maximum atomic E-state index is 16.5. The molecule has 3 aromatic heterocycles. The van der Waals surface area contributed by atoms with Gasteiger partial charge in [0.05, 0.1) is 101 Å². The highest BCUT2D eigenvalue weighted by Gasteiger charge is 2.51. The number of halogens is 12. The van der Waals surface area contributed by atoms with Crippen LogP contribution >= 0.6 is 0 Å². The van der Waals surface area contributed by atoms with Crippen LogP contribution in [0, 0.1) is 62.2 Å². The SMILES string of the molecule is CC1=CC(C)C(c2ccc3c(c2)c2c(n3-c3cc(C#N)cc(-n4c5ccccc5c5cc(-c6ccc(C)cc6CCc6ccc(-c7ccc8c(c7)C7C=C(c9ccc(C)cc9)C=CC7(C)N8c7cc(C#N)cc(-n8c9ccc(-c%10ccc(C)cc%10)cc9c9cc(-c%10ccc(C)cc%10)ccc98)c7-c7ccc(C(F)(F)F)cc7C(F)(F)F)cc6)ccc54)c3-c3ccc(C(F)(F)F)cc3C(F)(F)F)CC(C)C=C2)C(C)=C1. The number of aryl methyl sites for hydroxylation is 6. The molecule has 5 atom stereocenters. The zero-order valence-corrected chi connectivity index (χ0v) is 79.4. The number of para-hydroxylation sites is 1. The molecule has 15 aromatic carbocycles. The number of rotatable bonds is 15. The van der Waals surface area contributed by atoms with Gasteiger partial charge in [-0.15, -0.1) is 0 Å². The van der Waals surface area contributed by atoms with Crippen molar-refractivity contribution in [2.24, 2.45) is 11.8 Å². The molecule has 18 heteroatoms. The van der Waals surface area contributed by atoms with Gasteiger partial charge in [-0.1, -0.05) is 266 Å². The third-order valence-electron chi connectivity index (χ3n) is 29.7. The fraction of sp³-hybridized carbons (Fsp3) is 0.168. The first-order valence-electron chi connectivity index (χ1n) is 47.8. The van der Waals surface area contributed by atoms with Gasteiger partial charge < -0.3 is 18.6 Å². The number of aromatic nitrogens is 3. The molecule has 0 radical (unpaired) electrons. The van der Waals surface area contributed by atoms with Gasteiger partial charge in [0.15, 0.2) is 0 Å². The van der Waals surface area contributed by atoms with E-state index in [1.54, 1.807) is 18.2 Å². The summed E-state index contributed by atoms with van der Waals surface area (Å²) in [6.45, 7) is 18.4. The molecule has 0 bridgehead atoms. The fourth-order valence-electron chi connectivity index (χ4n) is 22.9. The minimum atomic E-state index is -5.35. The molecule has 0 fully saturated rings. The first-order valence-corrected chi connectivity index (χ1v) is 47.8. The first-order chi connectivity index (χ1) is 68.4. The van der Waals surface area contributed by atoms with Crippen LogP contribution in [0.1, 0.15) is 141 Å². The van der Waals surface area contributed by atoms with E-state index in [0.29, 0.717) is 70.1 Å². The van der Waals surface area contributed by atoms with Gasteiger partial charge in [0.25, 0.3) is 0 Å². The summed E-state index contributed by atoms with van der Waals surface area (Å²) < 4.78 is 194. The van der Waals surface area contributed by atoms with Crippen molar-refractivity contribution in [2.45, 2.75) is 124 Å². The van der Waals surface area contributed by atoms with Crippen LogP contribution in [0.15, 0.2) is 339 Å². The Morgan fingerprint density at radius 1 is 0.385 bits per heavy atom. The second-order valence-electron chi connectivity index (χ2n) is 39.3. The van der Waals surface area contributed by atoms with Crippen molar-refractivity contribution in [3.63, 3.8) is 0 Å². The average molecular weight is 1910 g/mol. The number of benzene rings is 15. The molecule has 4 aliphatic rings. The number of hydrogen-bond donors (Lipinski definition) is 0. The number of nitriles is 2. The molecular formula is C125H92F12N6. The van der Waals surface area contributed by atoms with Gasteiger partial charge in [-0.2, -0.15) is 63.2 Å². The number of anilines is 2. The minimum absolute atomic E-state index is 0.0185. The van der Waals surface area contributed by atoms with Gasteiger partial charge in [0.2, 0.25) is 0 Å². The maximum absolute atomic E-state index is 16.5. The van der Waals surface area contributed by atoms with E-state index < -0.39 is 69.5 Å². The molecule has 6 nitrogen and oxygen atoms in total. The summed E-state index contributed by atoms with van der Waals surface area (Å²) in [6, 6.07) is 90.8. The highest BCUT2D eigenvalue weighted by molar-refractivity contribution is 6.14. The lowest BCUT2D eigenvalue weighted by Gasteiger charge is -2.41. The number of hydrogen-bond acceptors (Lipinski definition) is 3. The number of fused-ring (bicyclic) bond motifs is 12. The summed E-state index contributed by atoms with van der Waals surface area (Å²) in [5.41, 5.74) is 16.6. The Bertz CT molecular complexity index is 8520. The van der Waals surface area contributed by atoms with E-state index in [-0.39, 0.29) is 74.9 Å². The zero-order chi connectivity index (χ0) is 99.7. The normalized spacial score (nSPS) is 16.9. The van der Waals surface area contributed by atoms with Crippen LogP contribution in [0.5, 0.6) is 0 Å². The number of allylic oxidation sites excluding steroid dienone is 7. The monoisotopic (exact) mass is 1900 g/mol. The van der Waals surface area contributed by atoms with Crippen molar-refractivity contribution in [1.82, 2.24) is 13.7 Å². The van der Waals surface area contributed by atoms with Crippen LogP contribution in [-0.2, 0) is 44.0 Å². The lowest BCUT2D eigenvalue weighted by Crippen LogP contribution is -2.42. The number of nitrogens with zero attached hydrogens (tertiary/aromatic N) is 6. The van der Waals surface area contributed by atoms with Crippen molar-refractivity contribution in [1.29, 1.82) is 10.5 Å². The fourth-order valence-corrected chi connectivity index (χ4v) is 22.9. The van der Waals surface area contributed by atoms with E-state index in [0.717, 1.165) is 151 Å². The van der Waals surface area contributed by atoms with E-state index in [4.69, 9.17) is 0 Å². The van der Waals surface area contributed by atoms with E-state index in [2.05, 4.69) is 124 Å². The molecule has 0 spiro atoms. The molecule has 0 saturated carbocycles. The van der Waals surface area contributed by atoms with Crippen molar-refractivity contribution >= 4 is 77.5 Å². The smallest absolute Gasteiger partial charge is 0.330 e. The molecule has 0 saturated heterocycles. The van der Waals surface area contributed by atoms with Gasteiger partial charge >= 0.3 is 24.7 Å². The van der Waals surface area contributed by atoms with Gasteiger partial charge in [-0.3, -0.25) is 0 Å². The molecule has 4 heterocycles. The highest BCUT2D eigenvalue weighted by atomic mass is 19.4. The summed E-state index contributed by atoms with van der Waals surface area (Å²) in [5, 5.41) is 26.6. The molecule has 18 aromatic rings. The van der Waals surface area contributed by atoms with E-state index in [9.17, 15) is 23.7 Å². The van der Waals surface area contributed by atoms with Crippen LogP contribution in [0.25, 0.3) is 150 Å². The maximum Gasteiger partial charge on any atom is 0.417 e. The average Bonchev–Trinajstić information content (AvgIpc) is 1.55. The summed E-state index contributed by atoms with van der Waals surface area (Å²) in [5.74, 6) is -0.428. The van der Waals surface area contributed by atoms with Crippen molar-refractivity contribution in [3.8, 4) is 96.0 Å². The lowest BCUT2D eigenvalue weighted by atomic mass is 9.77. The van der Waals surface area contributed by atoms with Gasteiger partial charge in [-0.25, -0.2) is 0 Å². The topological polar surface area (TPSA) is 65.6 Å². The van der Waals surface area contributed by atoms with Crippen molar-refractivity contribution in [3.05, 3.63) is 433 Å². The predicted molar refractivity (Wildman–Crippen MR) is 551 cm³/mol. The molecule has 1 aliphatic heterocycles. The summed E-state index contributed by atoms with van der Waals surface area (Å²) in [4.78, 5) is 1.97. The second-order valence-corrected chi connectivity index (χ2v) is 39.3. The highest BCUT2D eigenvalue weighted by Crippen LogP contribution is 2.61. The quantitative estimate of drug-likeness (QED) is 0.0961. The minimum Gasteiger partial charge on any atom is -0.330 e. The number of alkyl halides is 12. The van der Waals surface area contributed by atoms with Crippen LogP contribution < -0.4 is 4.90 Å². The Kier molecular flexibility index (Phi) is 22.2. The van der Waals surface area contributed by atoms with Gasteiger partial charge in [-0.05, 0) is 284 Å². The van der Waals surface area contributed by atoms with E-state index >= 15 is 39.5 Å². The zero-order valence-electron chi connectivity index (χ0n) is 79.4. The third kappa shape index (κ3) is 16.1. The summed E-state index contributed by atoms with van der Waals surface area (Å²) >= 11 is 0. The first kappa shape index (κ1) is 92.1. The molecule has 22 rings (SSSR count). The van der Waals surface area contributed by atoms with Crippen LogP contribution in [-0.4, -0.2) is 19.2 Å². The van der Waals surface area contributed by atoms with E-state index in [1.807, 2.05) is 242 Å². The Morgan fingerprint density at radius 2 is 0.846 bits per heavy atom. The van der Waals surface area contributed by atoms with Crippen molar-refractivity contribution in [2.75, 3.05) is 4.90 Å². The Labute approximate surface area is 819 Å². The van der Waals surface area contributed by atoms with Crippen LogP contribution in [0.4, 0.5) is 64.1 Å². The largest absolute Gasteiger partial charge is 0.417 e. The molecule has 5 unspecified atom stereocenters. The van der Waals surface area contributed by atoms with Gasteiger partial charge in [0, 0.05) is 66.8 Å². The predicted octanol–water partition coefficient (Wildman–Crippen LogP) is 35.1. The second kappa shape index (κ2) is 34.5. The Balaban J connectivity index is 0.654. The summed E-state index contributed by atoms with van der Waals surface area (Å²) in [7, 11) is 0. The summed E-state index contributed by atoms with van der Waals surface area (Å²) in [6.07, 6.45) is -4.62. The van der Waals surface area contributed by atoms with Crippen LogP contribution in [0.3, 0.4) is 0 Å². The molecule has 0 amide bonds. The third-order valence-corrected chi connectivity index (χ3v) is 29.7. The molecule has 143 heavy (non-hydrogen) atoms. The Morgan fingerprint density at radius 3 is 1.40 bits per heavy atom. The van der Waals surface area contributed by atoms with Gasteiger partial charge in [0.1, 0.15) is 0 Å². The molecule has 706 valence electrons. The van der Waals surface area contributed by atoms with Crippen LogP contribution in [0.2, 0.25) is 0 Å². The van der Waals surface area contributed by atoms with E-state index in [1.165, 1.54) is 11.6 Å². The molecule has 3 aliphatic carbocycles. The standard InChI is InChI=1S/C125H92F12N6/c1-70-14-25-81(26-15-70)85-34-45-110-101(60-85)102-61-86(82-27-16-71(2)17-28-82)35-46-111(102)141(110)116-58-80(69-139)59-117(120(116)98-44-40-93(123(129,130)131)67-106(98)125(135,136)137)143-112-49-36-87(62-103(112)104-65-88(50-51-121(104,143)9)83-29-18-72(3)19-30-83)84-31-22-78(23-32-84)24-33-89-54-73(4)20-41-94(89)90-37-47-108-99(63-90)95-12-10-11-13-107(95)140(108)114-56-79(68-138)57-115(119(114)97-43-39-92(122(126,127)128)66-105(97)124(132,133)134)142-109-48-38-91(118-76(7)52-75(6)53-77(118)8)64-100(109)96-42-21-74(5)55-113(96)142/h10-23,25-32,34-54,56-67,74,76,104,118H,24,33,55H2,1-9H3. The molecular weight excluding hydrogens is 1810 g/mol. The molecule has 0 N–H and O–H groups in total. The van der Waals surface area contributed by atoms with Crippen molar-refractivity contribution < 1.29 is 52.7 Å². The lowest BCUT2D eigenvalue weighted by molar-refractivity contribution is -0.144.